The molecule has 2 rings (SSSR count). The summed E-state index contributed by atoms with van der Waals surface area (Å²) < 4.78 is 31.1. The standard InChI is InChI=1S/C19H21Cl2NO4S/c1-19(2,3)26-18(23)13-8-10-15(11-9-13)22(27(4,24)25)12-14-6-5-7-16(20)17(14)21/h5-11H,12H2,1-4H3. The van der Waals surface area contributed by atoms with Gasteiger partial charge in [0.15, 0.2) is 0 Å². The molecule has 0 N–H and O–H groups in total. The fourth-order valence-electron chi connectivity index (χ4n) is 2.33. The first-order chi connectivity index (χ1) is 12.4. The van der Waals surface area contributed by atoms with Crippen molar-refractivity contribution in [2.24, 2.45) is 0 Å². The lowest BCUT2D eigenvalue weighted by molar-refractivity contribution is 0.00695. The smallest absolute Gasteiger partial charge is 0.338 e. The molecule has 0 amide bonds. The van der Waals surface area contributed by atoms with Crippen LogP contribution in [0.4, 0.5) is 5.69 Å². The molecule has 0 spiro atoms. The van der Waals surface area contributed by atoms with Crippen LogP contribution in [0.1, 0.15) is 36.7 Å². The van der Waals surface area contributed by atoms with Gasteiger partial charge in [-0.15, -0.1) is 0 Å². The number of rotatable bonds is 5. The van der Waals surface area contributed by atoms with E-state index in [1.54, 1.807) is 51.1 Å². The van der Waals surface area contributed by atoms with Crippen LogP contribution in [0.2, 0.25) is 10.0 Å². The first-order valence-electron chi connectivity index (χ1n) is 8.12. The molecule has 0 bridgehead atoms. The van der Waals surface area contributed by atoms with Crippen LogP contribution in [-0.2, 0) is 21.3 Å². The molecule has 5 nitrogen and oxygen atoms in total. The topological polar surface area (TPSA) is 63.7 Å². The Kier molecular flexibility index (Phi) is 6.45. The molecule has 146 valence electrons. The van der Waals surface area contributed by atoms with Crippen LogP contribution in [0.3, 0.4) is 0 Å². The minimum atomic E-state index is -3.59. The summed E-state index contributed by atoms with van der Waals surface area (Å²) in [6, 6.07) is 11.2. The maximum Gasteiger partial charge on any atom is 0.338 e. The Hall–Kier alpha value is -1.76. The highest BCUT2D eigenvalue weighted by atomic mass is 35.5. The molecule has 8 heteroatoms. The van der Waals surface area contributed by atoms with Gasteiger partial charge in [0, 0.05) is 0 Å². The summed E-state index contributed by atoms with van der Waals surface area (Å²) in [7, 11) is -3.59. The van der Waals surface area contributed by atoms with Crippen LogP contribution in [-0.4, -0.2) is 26.2 Å². The van der Waals surface area contributed by atoms with Crippen molar-refractivity contribution in [3.63, 3.8) is 0 Å². The summed E-state index contributed by atoms with van der Waals surface area (Å²) >= 11 is 12.2. The summed E-state index contributed by atoms with van der Waals surface area (Å²) in [4.78, 5) is 12.1. The average Bonchev–Trinajstić information content (AvgIpc) is 2.54. The van der Waals surface area contributed by atoms with E-state index in [0.29, 0.717) is 26.9 Å². The minimum Gasteiger partial charge on any atom is -0.456 e. The fraction of sp³-hybridized carbons (Fsp3) is 0.316. The number of hydrogen-bond acceptors (Lipinski definition) is 4. The molecule has 0 radical (unpaired) electrons. The van der Waals surface area contributed by atoms with Crippen LogP contribution < -0.4 is 4.31 Å². The zero-order valence-corrected chi connectivity index (χ0v) is 17.8. The number of anilines is 1. The van der Waals surface area contributed by atoms with Gasteiger partial charge < -0.3 is 4.74 Å². The third-order valence-corrected chi connectivity index (χ3v) is 5.53. The Balaban J connectivity index is 2.33. The first-order valence-corrected chi connectivity index (χ1v) is 10.7. The second-order valence-corrected chi connectivity index (χ2v) is 9.72. The highest BCUT2D eigenvalue weighted by molar-refractivity contribution is 7.92. The van der Waals surface area contributed by atoms with Gasteiger partial charge in [0.05, 0.1) is 34.1 Å². The lowest BCUT2D eigenvalue weighted by atomic mass is 10.1. The van der Waals surface area contributed by atoms with Crippen molar-refractivity contribution in [3.8, 4) is 0 Å². The Morgan fingerprint density at radius 3 is 2.19 bits per heavy atom. The molecule has 2 aromatic carbocycles. The molecule has 0 saturated carbocycles. The molecule has 0 unspecified atom stereocenters. The van der Waals surface area contributed by atoms with Crippen molar-refractivity contribution in [2.75, 3.05) is 10.6 Å². The van der Waals surface area contributed by atoms with Gasteiger partial charge in [-0.05, 0) is 56.7 Å². The number of carbonyl (C=O) groups is 1. The fourth-order valence-corrected chi connectivity index (χ4v) is 3.58. The minimum absolute atomic E-state index is 0.0179. The van der Waals surface area contributed by atoms with Crippen molar-refractivity contribution in [3.05, 3.63) is 63.6 Å². The maximum atomic E-state index is 12.3. The van der Waals surface area contributed by atoms with Gasteiger partial charge in [0.2, 0.25) is 10.0 Å². The zero-order chi connectivity index (χ0) is 20.4. The number of hydrogen-bond donors (Lipinski definition) is 0. The summed E-state index contributed by atoms with van der Waals surface area (Å²) in [5, 5.41) is 0.654. The van der Waals surface area contributed by atoms with Crippen molar-refractivity contribution in [2.45, 2.75) is 32.9 Å². The van der Waals surface area contributed by atoms with Gasteiger partial charge in [0.25, 0.3) is 0 Å². The molecular weight excluding hydrogens is 409 g/mol. The summed E-state index contributed by atoms with van der Waals surface area (Å²) in [6.45, 7) is 5.35. The third-order valence-electron chi connectivity index (χ3n) is 3.54. The van der Waals surface area contributed by atoms with Gasteiger partial charge in [0.1, 0.15) is 5.60 Å². The number of esters is 1. The predicted molar refractivity (Wildman–Crippen MR) is 109 cm³/mol. The first kappa shape index (κ1) is 21.5. The van der Waals surface area contributed by atoms with Crippen LogP contribution in [0.15, 0.2) is 42.5 Å². The van der Waals surface area contributed by atoms with Crippen LogP contribution in [0.5, 0.6) is 0 Å². The predicted octanol–water partition coefficient (Wildman–Crippen LogP) is 4.91. The van der Waals surface area contributed by atoms with Gasteiger partial charge in [-0.25, -0.2) is 13.2 Å². The molecule has 0 aromatic heterocycles. The quantitative estimate of drug-likeness (QED) is 0.632. The number of nitrogens with zero attached hydrogens (tertiary/aromatic N) is 1. The highest BCUT2D eigenvalue weighted by Gasteiger charge is 2.21. The lowest BCUT2D eigenvalue weighted by Crippen LogP contribution is -2.29. The number of ether oxygens (including phenoxy) is 1. The van der Waals surface area contributed by atoms with Gasteiger partial charge in [-0.3, -0.25) is 4.31 Å². The Labute approximate surface area is 169 Å². The van der Waals surface area contributed by atoms with Crippen molar-refractivity contribution < 1.29 is 17.9 Å². The third kappa shape index (κ3) is 5.86. The van der Waals surface area contributed by atoms with Crippen LogP contribution in [0.25, 0.3) is 0 Å². The molecule has 0 atom stereocenters. The SMILES string of the molecule is CC(C)(C)OC(=O)c1ccc(N(Cc2cccc(Cl)c2Cl)S(C)(=O)=O)cc1. The van der Waals surface area contributed by atoms with E-state index in [4.69, 9.17) is 27.9 Å². The van der Waals surface area contributed by atoms with E-state index < -0.39 is 21.6 Å². The monoisotopic (exact) mass is 429 g/mol. The van der Waals surface area contributed by atoms with E-state index in [0.717, 1.165) is 6.26 Å². The molecule has 0 heterocycles. The largest absolute Gasteiger partial charge is 0.456 e. The van der Waals surface area contributed by atoms with Crippen LogP contribution in [0, 0.1) is 0 Å². The number of halogens is 2. The second-order valence-electron chi connectivity index (χ2n) is 7.03. The number of benzene rings is 2. The maximum absolute atomic E-state index is 12.3. The summed E-state index contributed by atoms with van der Waals surface area (Å²) in [6.07, 6.45) is 1.10. The number of carbonyl (C=O) groups excluding carboxylic acids is 1. The molecule has 0 aliphatic carbocycles. The Bertz CT molecular complexity index is 935. The molecular formula is C19H21Cl2NO4S. The summed E-state index contributed by atoms with van der Waals surface area (Å²) in [5.41, 5.74) is 0.701. The molecule has 27 heavy (non-hydrogen) atoms. The Morgan fingerprint density at radius 2 is 1.67 bits per heavy atom. The second kappa shape index (κ2) is 8.09. The molecule has 0 aliphatic heterocycles. The van der Waals surface area contributed by atoms with E-state index >= 15 is 0 Å². The molecule has 2 aromatic rings. The van der Waals surface area contributed by atoms with E-state index in [1.807, 2.05) is 0 Å². The molecule has 0 fully saturated rings. The summed E-state index contributed by atoms with van der Waals surface area (Å²) in [5.74, 6) is -0.474. The van der Waals surface area contributed by atoms with Crippen molar-refractivity contribution >= 4 is 44.9 Å². The van der Waals surface area contributed by atoms with E-state index in [1.165, 1.54) is 16.4 Å². The van der Waals surface area contributed by atoms with Crippen LogP contribution >= 0.6 is 23.2 Å². The molecule has 0 saturated heterocycles. The Morgan fingerprint density at radius 1 is 1.07 bits per heavy atom. The number of sulfonamides is 1. The van der Waals surface area contributed by atoms with Crippen molar-refractivity contribution in [1.82, 2.24) is 0 Å². The van der Waals surface area contributed by atoms with E-state index in [-0.39, 0.29) is 6.54 Å². The van der Waals surface area contributed by atoms with Gasteiger partial charge in [-0.2, -0.15) is 0 Å². The average molecular weight is 430 g/mol. The highest BCUT2D eigenvalue weighted by Crippen LogP contribution is 2.29. The zero-order valence-electron chi connectivity index (χ0n) is 15.5. The van der Waals surface area contributed by atoms with E-state index in [9.17, 15) is 13.2 Å². The lowest BCUT2D eigenvalue weighted by Gasteiger charge is -2.24. The normalized spacial score (nSPS) is 11.9. The van der Waals surface area contributed by atoms with Crippen molar-refractivity contribution in [1.29, 1.82) is 0 Å². The van der Waals surface area contributed by atoms with Gasteiger partial charge >= 0.3 is 5.97 Å². The van der Waals surface area contributed by atoms with E-state index in [2.05, 4.69) is 0 Å². The van der Waals surface area contributed by atoms with Gasteiger partial charge in [-0.1, -0.05) is 35.3 Å². The molecule has 0 aliphatic rings.